The van der Waals surface area contributed by atoms with E-state index < -0.39 is 0 Å². The molecule has 1 aromatic heterocycles. The highest BCUT2D eigenvalue weighted by Crippen LogP contribution is 2.52. The van der Waals surface area contributed by atoms with Gasteiger partial charge in [0.05, 0.1) is 5.41 Å². The summed E-state index contributed by atoms with van der Waals surface area (Å²) in [5, 5.41) is 7.79. The van der Waals surface area contributed by atoms with E-state index in [2.05, 4.69) is 39.7 Å². The van der Waals surface area contributed by atoms with Crippen LogP contribution in [0.2, 0.25) is 0 Å². The summed E-state index contributed by atoms with van der Waals surface area (Å²) in [6, 6.07) is 11.0. The Morgan fingerprint density at radius 2 is 2.14 bits per heavy atom. The maximum absolute atomic E-state index is 5.50. The molecule has 2 fully saturated rings. The van der Waals surface area contributed by atoms with E-state index in [0.29, 0.717) is 6.04 Å². The summed E-state index contributed by atoms with van der Waals surface area (Å²) in [5.41, 5.74) is 1.32. The average Bonchev–Trinajstić information content (AvgIpc) is 3.23. The molecular weight excluding hydrogens is 282 g/mol. The molecule has 0 bridgehead atoms. The quantitative estimate of drug-likeness (QED) is 0.940. The fourth-order valence-electron chi connectivity index (χ4n) is 3.02. The molecule has 1 aliphatic carbocycles. The Bertz CT molecular complexity index is 603. The minimum absolute atomic E-state index is 0.0117. The van der Waals surface area contributed by atoms with E-state index in [0.717, 1.165) is 43.3 Å². The van der Waals surface area contributed by atoms with E-state index in [1.165, 1.54) is 11.3 Å². The van der Waals surface area contributed by atoms with Crippen molar-refractivity contribution in [3.05, 3.63) is 47.6 Å². The fourth-order valence-corrected chi connectivity index (χ4v) is 3.97. The van der Waals surface area contributed by atoms with Crippen LogP contribution in [0.25, 0.3) is 0 Å². The summed E-state index contributed by atoms with van der Waals surface area (Å²) in [5.74, 6) is 3.96. The standard InChI is InChI=1S/C16H19N3OS/c1-2-4-12(5-3-1)16(6-7-16)15-18-14(20-19-15)10-13-11-21-9-8-17-13/h1-5,13,17H,6-11H2. The number of hydrogen-bond donors (Lipinski definition) is 1. The van der Waals surface area contributed by atoms with E-state index >= 15 is 0 Å². The van der Waals surface area contributed by atoms with Gasteiger partial charge in [-0.2, -0.15) is 16.7 Å². The van der Waals surface area contributed by atoms with E-state index in [1.54, 1.807) is 0 Å². The van der Waals surface area contributed by atoms with Crippen LogP contribution in [-0.2, 0) is 11.8 Å². The summed E-state index contributed by atoms with van der Waals surface area (Å²) in [6.45, 7) is 1.07. The number of thioether (sulfide) groups is 1. The van der Waals surface area contributed by atoms with Gasteiger partial charge in [-0.25, -0.2) is 0 Å². The third-order valence-corrected chi connectivity index (χ3v) is 5.52. The van der Waals surface area contributed by atoms with E-state index in [4.69, 9.17) is 4.52 Å². The predicted molar refractivity (Wildman–Crippen MR) is 83.6 cm³/mol. The fraction of sp³-hybridized carbons (Fsp3) is 0.500. The molecule has 21 heavy (non-hydrogen) atoms. The molecule has 1 unspecified atom stereocenters. The smallest absolute Gasteiger partial charge is 0.228 e. The highest BCUT2D eigenvalue weighted by Gasteiger charge is 2.49. The highest BCUT2D eigenvalue weighted by molar-refractivity contribution is 7.99. The van der Waals surface area contributed by atoms with Crippen molar-refractivity contribution < 1.29 is 4.52 Å². The summed E-state index contributed by atoms with van der Waals surface area (Å²) in [4.78, 5) is 4.69. The van der Waals surface area contributed by atoms with Crippen molar-refractivity contribution >= 4 is 11.8 Å². The van der Waals surface area contributed by atoms with Crippen LogP contribution in [0.15, 0.2) is 34.9 Å². The maximum Gasteiger partial charge on any atom is 0.228 e. The molecule has 1 aliphatic heterocycles. The van der Waals surface area contributed by atoms with Gasteiger partial charge < -0.3 is 9.84 Å². The van der Waals surface area contributed by atoms with Gasteiger partial charge in [0.1, 0.15) is 0 Å². The number of nitrogens with one attached hydrogen (secondary N) is 1. The minimum Gasteiger partial charge on any atom is -0.339 e. The van der Waals surface area contributed by atoms with Gasteiger partial charge in [0.25, 0.3) is 0 Å². The Morgan fingerprint density at radius 3 is 2.86 bits per heavy atom. The van der Waals surface area contributed by atoms with Crippen molar-refractivity contribution in [3.8, 4) is 0 Å². The Balaban J connectivity index is 1.52. The van der Waals surface area contributed by atoms with Crippen molar-refractivity contribution in [1.29, 1.82) is 0 Å². The Morgan fingerprint density at radius 1 is 1.29 bits per heavy atom. The van der Waals surface area contributed by atoms with E-state index in [-0.39, 0.29) is 5.41 Å². The largest absolute Gasteiger partial charge is 0.339 e. The van der Waals surface area contributed by atoms with Gasteiger partial charge >= 0.3 is 0 Å². The molecular formula is C16H19N3OS. The van der Waals surface area contributed by atoms with Crippen molar-refractivity contribution in [3.63, 3.8) is 0 Å². The zero-order valence-corrected chi connectivity index (χ0v) is 12.7. The normalized spacial score (nSPS) is 23.9. The lowest BCUT2D eigenvalue weighted by atomic mass is 9.95. The summed E-state index contributed by atoms with van der Waals surface area (Å²) < 4.78 is 5.50. The van der Waals surface area contributed by atoms with Crippen LogP contribution in [0, 0.1) is 0 Å². The lowest BCUT2D eigenvalue weighted by Gasteiger charge is -2.21. The van der Waals surface area contributed by atoms with Crippen LogP contribution < -0.4 is 5.32 Å². The predicted octanol–water partition coefficient (Wildman–Crippen LogP) is 2.40. The molecule has 1 atom stereocenters. The molecule has 4 nitrogen and oxygen atoms in total. The van der Waals surface area contributed by atoms with E-state index in [9.17, 15) is 0 Å². The van der Waals surface area contributed by atoms with Crippen molar-refractivity contribution in [2.45, 2.75) is 30.7 Å². The molecule has 2 heterocycles. The minimum atomic E-state index is 0.0117. The van der Waals surface area contributed by atoms with Crippen LogP contribution >= 0.6 is 11.8 Å². The van der Waals surface area contributed by atoms with Gasteiger partial charge in [-0.15, -0.1) is 0 Å². The second-order valence-corrected chi connectivity index (χ2v) is 7.04. The highest BCUT2D eigenvalue weighted by atomic mass is 32.2. The van der Waals surface area contributed by atoms with Gasteiger partial charge in [-0.05, 0) is 18.4 Å². The molecule has 1 saturated carbocycles. The summed E-state index contributed by atoms with van der Waals surface area (Å²) in [7, 11) is 0. The van der Waals surface area contributed by atoms with Crippen LogP contribution in [0.3, 0.4) is 0 Å². The van der Waals surface area contributed by atoms with Crippen molar-refractivity contribution in [2.24, 2.45) is 0 Å². The van der Waals surface area contributed by atoms with Crippen molar-refractivity contribution in [1.82, 2.24) is 15.5 Å². The second kappa shape index (κ2) is 5.46. The number of aromatic nitrogens is 2. The maximum atomic E-state index is 5.50. The van der Waals surface area contributed by atoms with Crippen LogP contribution in [0.5, 0.6) is 0 Å². The molecule has 1 N–H and O–H groups in total. The molecule has 0 amide bonds. The third-order valence-electron chi connectivity index (χ3n) is 4.39. The Kier molecular flexibility index (Phi) is 3.47. The Labute approximate surface area is 128 Å². The second-order valence-electron chi connectivity index (χ2n) is 5.89. The molecule has 0 radical (unpaired) electrons. The van der Waals surface area contributed by atoms with Crippen molar-refractivity contribution in [2.75, 3.05) is 18.1 Å². The van der Waals surface area contributed by atoms with Gasteiger partial charge in [-0.1, -0.05) is 35.5 Å². The molecule has 4 rings (SSSR count). The monoisotopic (exact) mass is 301 g/mol. The molecule has 0 spiro atoms. The number of rotatable bonds is 4. The zero-order chi connectivity index (χ0) is 14.1. The van der Waals surface area contributed by atoms with Crippen LogP contribution in [-0.4, -0.2) is 34.2 Å². The first-order chi connectivity index (χ1) is 10.4. The number of benzene rings is 1. The van der Waals surface area contributed by atoms with Gasteiger partial charge in [-0.3, -0.25) is 0 Å². The Hall–Kier alpha value is -1.33. The molecule has 2 aliphatic rings. The SMILES string of the molecule is c1ccc(C2(c3noc(CC4CSCCN4)n3)CC2)cc1. The summed E-state index contributed by atoms with van der Waals surface area (Å²) >= 11 is 1.99. The molecule has 2 aromatic rings. The third kappa shape index (κ3) is 2.60. The topological polar surface area (TPSA) is 51.0 Å². The van der Waals surface area contributed by atoms with Gasteiger partial charge in [0, 0.05) is 30.5 Å². The molecule has 1 aromatic carbocycles. The summed E-state index contributed by atoms with van der Waals surface area (Å²) in [6.07, 6.45) is 3.08. The molecule has 5 heteroatoms. The lowest BCUT2D eigenvalue weighted by molar-refractivity contribution is 0.356. The molecule has 110 valence electrons. The number of nitrogens with zero attached hydrogens (tertiary/aromatic N) is 2. The molecule has 1 saturated heterocycles. The number of hydrogen-bond acceptors (Lipinski definition) is 5. The van der Waals surface area contributed by atoms with Gasteiger partial charge in [0.2, 0.25) is 5.89 Å². The van der Waals surface area contributed by atoms with Gasteiger partial charge in [0.15, 0.2) is 5.82 Å². The van der Waals surface area contributed by atoms with Crippen LogP contribution in [0.4, 0.5) is 0 Å². The first-order valence-corrected chi connectivity index (χ1v) is 8.72. The van der Waals surface area contributed by atoms with E-state index in [1.807, 2.05) is 17.8 Å². The average molecular weight is 301 g/mol. The van der Waals surface area contributed by atoms with Crippen LogP contribution in [0.1, 0.15) is 30.1 Å². The first-order valence-electron chi connectivity index (χ1n) is 7.56. The first kappa shape index (κ1) is 13.3. The lowest BCUT2D eigenvalue weighted by Crippen LogP contribution is -2.38. The zero-order valence-electron chi connectivity index (χ0n) is 11.9.